The van der Waals surface area contributed by atoms with E-state index in [9.17, 15) is 0 Å². The zero-order valence-electron chi connectivity index (χ0n) is 14.8. The number of nitriles is 1. The molecule has 1 fully saturated rings. The Hall–Kier alpha value is -2.68. The van der Waals surface area contributed by atoms with Gasteiger partial charge in [-0.1, -0.05) is 0 Å². The highest BCUT2D eigenvalue weighted by molar-refractivity contribution is 5.55. The first-order valence-electron chi connectivity index (χ1n) is 8.89. The van der Waals surface area contributed by atoms with Crippen molar-refractivity contribution in [2.75, 3.05) is 29.4 Å². The highest BCUT2D eigenvalue weighted by Gasteiger charge is 2.23. The van der Waals surface area contributed by atoms with Crippen LogP contribution in [0.5, 0.6) is 0 Å². The maximum atomic E-state index is 9.13. The van der Waals surface area contributed by atoms with Crippen molar-refractivity contribution in [1.82, 2.24) is 15.2 Å². The third kappa shape index (κ3) is 2.80. The van der Waals surface area contributed by atoms with Gasteiger partial charge >= 0.3 is 0 Å². The van der Waals surface area contributed by atoms with Gasteiger partial charge in [0, 0.05) is 38.3 Å². The molecule has 0 aliphatic carbocycles. The minimum absolute atomic E-state index is 0.414. The average Bonchev–Trinajstić information content (AvgIpc) is 3.18. The van der Waals surface area contributed by atoms with E-state index in [-0.39, 0.29) is 0 Å². The Bertz CT molecular complexity index is 848. The molecule has 6 heteroatoms. The Morgan fingerprint density at radius 1 is 1.04 bits per heavy atom. The lowest BCUT2D eigenvalue weighted by molar-refractivity contribution is 0.690. The molecule has 0 bridgehead atoms. The van der Waals surface area contributed by atoms with Crippen LogP contribution in [0.15, 0.2) is 12.3 Å². The second-order valence-electron chi connectivity index (χ2n) is 6.90. The first-order chi connectivity index (χ1) is 12.2. The maximum Gasteiger partial charge on any atom is 0.166 e. The van der Waals surface area contributed by atoms with Crippen LogP contribution >= 0.6 is 0 Å². The quantitative estimate of drug-likeness (QED) is 0.840. The summed E-state index contributed by atoms with van der Waals surface area (Å²) in [6.07, 6.45) is 5.47. The molecule has 2 aromatic heterocycles. The second-order valence-corrected chi connectivity index (χ2v) is 6.90. The van der Waals surface area contributed by atoms with Gasteiger partial charge in [0.25, 0.3) is 0 Å². The number of fused-ring (bicyclic) bond motifs is 1. The summed E-state index contributed by atoms with van der Waals surface area (Å²) in [6.45, 7) is 7.90. The highest BCUT2D eigenvalue weighted by Crippen LogP contribution is 2.29. The number of pyridine rings is 1. The van der Waals surface area contributed by atoms with E-state index < -0.39 is 0 Å². The predicted octanol–water partition coefficient (Wildman–Crippen LogP) is 2.52. The molecule has 2 aliphatic rings. The summed E-state index contributed by atoms with van der Waals surface area (Å²) in [5.41, 5.74) is 6.07. The predicted molar refractivity (Wildman–Crippen MR) is 96.7 cm³/mol. The smallest absolute Gasteiger partial charge is 0.166 e. The summed E-state index contributed by atoms with van der Waals surface area (Å²) in [5, 5.41) is 17.6. The fraction of sp³-hybridized carbons (Fsp3) is 0.474. The lowest BCUT2D eigenvalue weighted by Crippen LogP contribution is -2.33. The van der Waals surface area contributed by atoms with Crippen molar-refractivity contribution in [3.05, 3.63) is 40.3 Å². The van der Waals surface area contributed by atoms with Gasteiger partial charge in [-0.2, -0.15) is 5.26 Å². The van der Waals surface area contributed by atoms with E-state index in [4.69, 9.17) is 10.2 Å². The summed E-state index contributed by atoms with van der Waals surface area (Å²) >= 11 is 0. The molecule has 4 heterocycles. The van der Waals surface area contributed by atoms with Crippen LogP contribution in [0.1, 0.15) is 40.9 Å². The van der Waals surface area contributed by atoms with Crippen molar-refractivity contribution >= 4 is 11.5 Å². The van der Waals surface area contributed by atoms with Crippen molar-refractivity contribution in [3.63, 3.8) is 0 Å². The van der Waals surface area contributed by atoms with Crippen LogP contribution in [0.2, 0.25) is 0 Å². The van der Waals surface area contributed by atoms with E-state index in [1.807, 2.05) is 20.0 Å². The van der Waals surface area contributed by atoms with Crippen molar-refractivity contribution < 1.29 is 0 Å². The van der Waals surface area contributed by atoms with Gasteiger partial charge in [0.2, 0.25) is 0 Å². The largest absolute Gasteiger partial charge is 0.370 e. The van der Waals surface area contributed by atoms with Crippen LogP contribution in [0, 0.1) is 25.2 Å². The van der Waals surface area contributed by atoms with Crippen molar-refractivity contribution in [1.29, 1.82) is 5.26 Å². The molecule has 2 aromatic rings. The molecule has 0 saturated carbocycles. The van der Waals surface area contributed by atoms with E-state index in [1.165, 1.54) is 29.8 Å². The molecular weight excluding hydrogens is 312 g/mol. The topological polar surface area (TPSA) is 68.9 Å². The summed E-state index contributed by atoms with van der Waals surface area (Å²) < 4.78 is 0. The third-order valence-electron chi connectivity index (χ3n) is 5.40. The second kappa shape index (κ2) is 6.32. The number of anilines is 2. The lowest BCUT2D eigenvalue weighted by Gasteiger charge is -2.31. The van der Waals surface area contributed by atoms with Crippen LogP contribution in [0.25, 0.3) is 0 Å². The fourth-order valence-electron chi connectivity index (χ4n) is 3.74. The van der Waals surface area contributed by atoms with E-state index in [0.717, 1.165) is 49.5 Å². The van der Waals surface area contributed by atoms with Gasteiger partial charge in [-0.25, -0.2) is 0 Å². The lowest BCUT2D eigenvalue weighted by atomic mass is 10.0. The van der Waals surface area contributed by atoms with Crippen molar-refractivity contribution in [2.45, 2.75) is 39.7 Å². The Morgan fingerprint density at radius 3 is 2.60 bits per heavy atom. The molecule has 0 spiro atoms. The zero-order chi connectivity index (χ0) is 17.4. The first-order valence-corrected chi connectivity index (χ1v) is 8.89. The van der Waals surface area contributed by atoms with Gasteiger partial charge in [0.05, 0.1) is 11.9 Å². The summed E-state index contributed by atoms with van der Waals surface area (Å²) in [4.78, 5) is 9.39. The average molecular weight is 334 g/mol. The number of hydrogen-bond acceptors (Lipinski definition) is 6. The Balaban J connectivity index is 1.63. The van der Waals surface area contributed by atoms with Gasteiger partial charge in [-0.3, -0.25) is 4.98 Å². The summed E-state index contributed by atoms with van der Waals surface area (Å²) in [7, 11) is 0. The Morgan fingerprint density at radius 2 is 1.84 bits per heavy atom. The molecular formula is C19H22N6. The Kier molecular flexibility index (Phi) is 4.00. The van der Waals surface area contributed by atoms with Gasteiger partial charge in [0.1, 0.15) is 6.07 Å². The molecule has 25 heavy (non-hydrogen) atoms. The third-order valence-corrected chi connectivity index (χ3v) is 5.40. The zero-order valence-corrected chi connectivity index (χ0v) is 14.8. The molecule has 6 nitrogen and oxygen atoms in total. The molecule has 0 amide bonds. The van der Waals surface area contributed by atoms with E-state index in [1.54, 1.807) is 0 Å². The van der Waals surface area contributed by atoms with E-state index in [0.29, 0.717) is 5.69 Å². The molecule has 0 N–H and O–H groups in total. The fourth-order valence-corrected chi connectivity index (χ4v) is 3.74. The minimum Gasteiger partial charge on any atom is -0.370 e. The molecule has 4 rings (SSSR count). The van der Waals surface area contributed by atoms with Crippen LogP contribution < -0.4 is 9.80 Å². The highest BCUT2D eigenvalue weighted by atomic mass is 15.3. The Labute approximate surface area is 148 Å². The van der Waals surface area contributed by atoms with Crippen LogP contribution in [-0.4, -0.2) is 34.8 Å². The monoisotopic (exact) mass is 334 g/mol. The van der Waals surface area contributed by atoms with Gasteiger partial charge in [0.15, 0.2) is 11.5 Å². The van der Waals surface area contributed by atoms with Crippen LogP contribution in [0.3, 0.4) is 0 Å². The summed E-state index contributed by atoms with van der Waals surface area (Å²) in [6, 6.07) is 4.40. The molecule has 2 aliphatic heterocycles. The maximum absolute atomic E-state index is 9.13. The van der Waals surface area contributed by atoms with Crippen molar-refractivity contribution in [2.24, 2.45) is 0 Å². The van der Waals surface area contributed by atoms with E-state index in [2.05, 4.69) is 32.1 Å². The van der Waals surface area contributed by atoms with Gasteiger partial charge in [-0.15, -0.1) is 10.2 Å². The van der Waals surface area contributed by atoms with Gasteiger partial charge < -0.3 is 9.80 Å². The minimum atomic E-state index is 0.414. The van der Waals surface area contributed by atoms with E-state index >= 15 is 0 Å². The first kappa shape index (κ1) is 15.8. The number of nitrogens with zero attached hydrogens (tertiary/aromatic N) is 6. The van der Waals surface area contributed by atoms with Gasteiger partial charge in [-0.05, 0) is 49.4 Å². The molecule has 0 aromatic carbocycles. The molecule has 0 radical (unpaired) electrons. The van der Waals surface area contributed by atoms with Crippen molar-refractivity contribution in [3.8, 4) is 6.07 Å². The van der Waals surface area contributed by atoms with Crippen LogP contribution in [0.4, 0.5) is 11.5 Å². The summed E-state index contributed by atoms with van der Waals surface area (Å²) in [5.74, 6) is 0.883. The molecule has 128 valence electrons. The standard InChI is InChI=1S/C19H22N6/c1-13-14(2)19(23-22-18(13)10-20)25-8-5-17-15(12-25)9-16(11-21-17)24-6-3-4-7-24/h9,11H,3-8,12H2,1-2H3. The normalized spacial score (nSPS) is 16.7. The molecule has 1 saturated heterocycles. The molecule has 0 atom stereocenters. The number of hydrogen-bond donors (Lipinski definition) is 0. The number of rotatable bonds is 2. The SMILES string of the molecule is Cc1c(C#N)nnc(N2CCc3ncc(N4CCCC4)cc3C2)c1C. The van der Waals surface area contributed by atoms with Crippen LogP contribution in [-0.2, 0) is 13.0 Å². The molecule has 0 unspecified atom stereocenters. The number of aromatic nitrogens is 3.